The molecule has 0 aliphatic carbocycles. The number of fused-ring (bicyclic) bond motifs is 1. The first-order valence-corrected chi connectivity index (χ1v) is 7.02. The van der Waals surface area contributed by atoms with Gasteiger partial charge in [-0.05, 0) is 11.8 Å². The standard InChI is InChI=1S/C12H8ClN5O2S/c1-18-12(14-9(19)10(20)17-18)21-11-7-5-3-2-4-6(7)8(13)15-16-11/h2-5H,1H3,(H,17,20). The fourth-order valence-corrected chi connectivity index (χ4v) is 2.82. The normalized spacial score (nSPS) is 11.0. The molecule has 0 unspecified atom stereocenters. The molecule has 0 aliphatic rings. The average molecular weight is 322 g/mol. The van der Waals surface area contributed by atoms with Crippen molar-refractivity contribution in [2.75, 3.05) is 0 Å². The summed E-state index contributed by atoms with van der Waals surface area (Å²) < 4.78 is 1.36. The maximum absolute atomic E-state index is 11.4. The molecule has 0 spiro atoms. The number of nitrogens with zero attached hydrogens (tertiary/aromatic N) is 4. The zero-order valence-corrected chi connectivity index (χ0v) is 12.3. The quantitative estimate of drug-likeness (QED) is 0.713. The van der Waals surface area contributed by atoms with Crippen molar-refractivity contribution < 1.29 is 0 Å². The van der Waals surface area contributed by atoms with Crippen LogP contribution in [0.3, 0.4) is 0 Å². The first kappa shape index (κ1) is 13.8. The summed E-state index contributed by atoms with van der Waals surface area (Å²) in [6.07, 6.45) is 0. The van der Waals surface area contributed by atoms with Crippen LogP contribution >= 0.6 is 23.4 Å². The van der Waals surface area contributed by atoms with Crippen molar-refractivity contribution in [1.82, 2.24) is 25.0 Å². The molecular formula is C12H8ClN5O2S. The molecule has 7 nitrogen and oxygen atoms in total. The fraction of sp³-hybridized carbons (Fsp3) is 0.0833. The number of hydrogen-bond donors (Lipinski definition) is 1. The van der Waals surface area contributed by atoms with E-state index in [2.05, 4.69) is 20.3 Å². The van der Waals surface area contributed by atoms with E-state index in [1.165, 1.54) is 4.68 Å². The second-order valence-electron chi connectivity index (χ2n) is 4.14. The number of aryl methyl sites for hydroxylation is 1. The highest BCUT2D eigenvalue weighted by molar-refractivity contribution is 7.99. The maximum Gasteiger partial charge on any atom is 0.339 e. The summed E-state index contributed by atoms with van der Waals surface area (Å²) in [4.78, 5) is 26.3. The molecule has 106 valence electrons. The lowest BCUT2D eigenvalue weighted by Gasteiger charge is -2.07. The van der Waals surface area contributed by atoms with Crippen molar-refractivity contribution >= 4 is 34.1 Å². The van der Waals surface area contributed by atoms with E-state index in [0.29, 0.717) is 15.3 Å². The minimum Gasteiger partial charge on any atom is -0.265 e. The number of hydrogen-bond acceptors (Lipinski definition) is 6. The van der Waals surface area contributed by atoms with Crippen LogP contribution in [-0.4, -0.2) is 25.0 Å². The van der Waals surface area contributed by atoms with Gasteiger partial charge in [0, 0.05) is 17.8 Å². The Balaban J connectivity index is 2.15. The van der Waals surface area contributed by atoms with Crippen molar-refractivity contribution in [1.29, 1.82) is 0 Å². The zero-order valence-electron chi connectivity index (χ0n) is 10.7. The number of rotatable bonds is 2. The van der Waals surface area contributed by atoms with Gasteiger partial charge in [-0.25, -0.2) is 0 Å². The molecule has 2 aromatic heterocycles. The number of benzene rings is 1. The van der Waals surface area contributed by atoms with Crippen molar-refractivity contribution in [2.24, 2.45) is 7.05 Å². The molecule has 0 saturated heterocycles. The topological polar surface area (TPSA) is 93.5 Å². The van der Waals surface area contributed by atoms with Gasteiger partial charge in [0.1, 0.15) is 5.03 Å². The second kappa shape index (κ2) is 5.30. The number of nitrogens with one attached hydrogen (secondary N) is 1. The predicted octanol–water partition coefficient (Wildman–Crippen LogP) is 1.22. The Morgan fingerprint density at radius 2 is 1.90 bits per heavy atom. The van der Waals surface area contributed by atoms with Crippen LogP contribution in [0.25, 0.3) is 10.8 Å². The zero-order chi connectivity index (χ0) is 15.0. The molecule has 0 amide bonds. The molecule has 21 heavy (non-hydrogen) atoms. The van der Waals surface area contributed by atoms with E-state index in [-0.39, 0.29) is 0 Å². The molecule has 2 heterocycles. The van der Waals surface area contributed by atoms with Crippen LogP contribution < -0.4 is 11.1 Å². The molecule has 9 heteroatoms. The highest BCUT2D eigenvalue weighted by Gasteiger charge is 2.12. The maximum atomic E-state index is 11.4. The lowest BCUT2D eigenvalue weighted by molar-refractivity contribution is 0.596. The van der Waals surface area contributed by atoms with Crippen LogP contribution in [0.2, 0.25) is 5.15 Å². The van der Waals surface area contributed by atoms with Gasteiger partial charge in [-0.3, -0.25) is 19.4 Å². The van der Waals surface area contributed by atoms with Crippen LogP contribution in [0.4, 0.5) is 0 Å². The Morgan fingerprint density at radius 3 is 2.67 bits per heavy atom. The Bertz CT molecular complexity index is 952. The number of aromatic nitrogens is 5. The summed E-state index contributed by atoms with van der Waals surface area (Å²) in [5.41, 5.74) is -1.62. The molecule has 1 N–H and O–H groups in total. The third-order valence-corrected chi connectivity index (χ3v) is 4.07. The van der Waals surface area contributed by atoms with E-state index < -0.39 is 11.1 Å². The number of H-pyrrole nitrogens is 1. The van der Waals surface area contributed by atoms with Gasteiger partial charge in [0.05, 0.1) is 0 Å². The third kappa shape index (κ3) is 2.55. The van der Waals surface area contributed by atoms with Gasteiger partial charge in [-0.15, -0.1) is 10.2 Å². The highest BCUT2D eigenvalue weighted by Crippen LogP contribution is 2.31. The van der Waals surface area contributed by atoms with Crippen LogP contribution in [0.5, 0.6) is 0 Å². The first-order chi connectivity index (χ1) is 10.1. The van der Waals surface area contributed by atoms with Gasteiger partial charge in [0.2, 0.25) is 0 Å². The van der Waals surface area contributed by atoms with Gasteiger partial charge in [0.25, 0.3) is 0 Å². The largest absolute Gasteiger partial charge is 0.339 e. The Kier molecular flexibility index (Phi) is 3.48. The lowest BCUT2D eigenvalue weighted by Crippen LogP contribution is -2.33. The van der Waals surface area contributed by atoms with Crippen molar-refractivity contribution in [2.45, 2.75) is 10.2 Å². The first-order valence-electron chi connectivity index (χ1n) is 5.82. The molecule has 0 saturated carbocycles. The Hall–Kier alpha value is -2.19. The second-order valence-corrected chi connectivity index (χ2v) is 5.46. The van der Waals surface area contributed by atoms with Crippen molar-refractivity contribution in [3.8, 4) is 0 Å². The third-order valence-electron chi connectivity index (χ3n) is 2.74. The summed E-state index contributed by atoms with van der Waals surface area (Å²) in [7, 11) is 1.59. The summed E-state index contributed by atoms with van der Waals surface area (Å²) in [5, 5.41) is 13.0. The smallest absolute Gasteiger partial charge is 0.265 e. The Labute approximate surface area is 127 Å². The SMILES string of the molecule is Cn1[nH]c(=O)c(=O)nc1Sc1nnc(Cl)c2ccccc12. The number of halogens is 1. The molecular weight excluding hydrogens is 314 g/mol. The van der Waals surface area contributed by atoms with E-state index in [4.69, 9.17) is 11.6 Å². The highest BCUT2D eigenvalue weighted by atomic mass is 35.5. The van der Waals surface area contributed by atoms with Crippen LogP contribution in [0.1, 0.15) is 0 Å². The fourth-order valence-electron chi connectivity index (χ4n) is 1.76. The molecule has 0 aliphatic heterocycles. The Morgan fingerprint density at radius 1 is 1.19 bits per heavy atom. The lowest BCUT2D eigenvalue weighted by atomic mass is 10.2. The van der Waals surface area contributed by atoms with Crippen molar-refractivity contribution in [3.05, 3.63) is 50.1 Å². The summed E-state index contributed by atoms with van der Waals surface area (Å²) in [6.45, 7) is 0. The molecule has 3 rings (SSSR count). The van der Waals surface area contributed by atoms with E-state index in [0.717, 1.165) is 22.5 Å². The van der Waals surface area contributed by atoms with E-state index in [1.54, 1.807) is 7.05 Å². The number of aromatic amines is 1. The van der Waals surface area contributed by atoms with Gasteiger partial charge < -0.3 is 0 Å². The summed E-state index contributed by atoms with van der Waals surface area (Å²) >= 11 is 7.13. The van der Waals surface area contributed by atoms with Crippen LogP contribution in [0.15, 0.2) is 44.0 Å². The molecule has 0 bridgehead atoms. The minimum atomic E-state index is -0.846. The molecule has 1 aromatic carbocycles. The van der Waals surface area contributed by atoms with E-state index in [9.17, 15) is 9.59 Å². The summed E-state index contributed by atoms with van der Waals surface area (Å²) in [6, 6.07) is 7.37. The average Bonchev–Trinajstić information content (AvgIpc) is 2.48. The summed E-state index contributed by atoms with van der Waals surface area (Å²) in [5.74, 6) is 0. The molecule has 3 aromatic rings. The van der Waals surface area contributed by atoms with Crippen molar-refractivity contribution in [3.63, 3.8) is 0 Å². The van der Waals surface area contributed by atoms with Gasteiger partial charge in [-0.2, -0.15) is 4.98 Å². The van der Waals surface area contributed by atoms with E-state index >= 15 is 0 Å². The molecule has 0 radical (unpaired) electrons. The predicted molar refractivity (Wildman–Crippen MR) is 78.8 cm³/mol. The van der Waals surface area contributed by atoms with Gasteiger partial charge >= 0.3 is 11.1 Å². The van der Waals surface area contributed by atoms with Gasteiger partial charge in [-0.1, -0.05) is 35.9 Å². The minimum absolute atomic E-state index is 0.304. The van der Waals surface area contributed by atoms with Crippen LogP contribution in [-0.2, 0) is 7.05 Å². The molecule has 0 atom stereocenters. The van der Waals surface area contributed by atoms with Gasteiger partial charge in [0.15, 0.2) is 10.3 Å². The molecule has 0 fully saturated rings. The monoisotopic (exact) mass is 321 g/mol. The van der Waals surface area contributed by atoms with Crippen LogP contribution in [0, 0.1) is 0 Å². The van der Waals surface area contributed by atoms with E-state index in [1.807, 2.05) is 24.3 Å².